The summed E-state index contributed by atoms with van der Waals surface area (Å²) in [7, 11) is 0. The van der Waals surface area contributed by atoms with Crippen LogP contribution >= 0.6 is 0 Å². The van der Waals surface area contributed by atoms with Crippen LogP contribution in [-0.4, -0.2) is 58.0 Å². The van der Waals surface area contributed by atoms with Gasteiger partial charge in [-0.1, -0.05) is 113 Å². The van der Waals surface area contributed by atoms with Crippen LogP contribution in [0, 0.1) is 18.5 Å². The van der Waals surface area contributed by atoms with E-state index in [0.29, 0.717) is 39.4 Å². The summed E-state index contributed by atoms with van der Waals surface area (Å²) >= 11 is 0. The van der Waals surface area contributed by atoms with Crippen molar-refractivity contribution in [3.05, 3.63) is 162 Å². The summed E-state index contributed by atoms with van der Waals surface area (Å²) in [5.41, 5.74) is 9.21. The second kappa shape index (κ2) is 23.7. The van der Waals surface area contributed by atoms with Crippen molar-refractivity contribution >= 4 is 23.3 Å². The maximum absolute atomic E-state index is 11.8. The van der Waals surface area contributed by atoms with Gasteiger partial charge in [-0.25, -0.2) is 0 Å². The first-order valence-corrected chi connectivity index (χ1v) is 20.9. The van der Waals surface area contributed by atoms with Crippen molar-refractivity contribution in [2.24, 2.45) is 11.8 Å². The fourth-order valence-corrected chi connectivity index (χ4v) is 7.07. The van der Waals surface area contributed by atoms with Crippen LogP contribution in [0.2, 0.25) is 0 Å². The quantitative estimate of drug-likeness (QED) is 0.0467. The zero-order valence-corrected chi connectivity index (χ0v) is 36.3. The van der Waals surface area contributed by atoms with E-state index in [4.69, 9.17) is 19.4 Å². The van der Waals surface area contributed by atoms with Gasteiger partial charge >= 0.3 is 29.0 Å². The minimum Gasteiger partial charge on any atom is -0.498 e. The zero-order valence-electron chi connectivity index (χ0n) is 35.4. The van der Waals surface area contributed by atoms with Gasteiger partial charge in [0, 0.05) is 63.7 Å². The Bertz CT molecular complexity index is 1880. The monoisotopic (exact) mass is 858 g/mol. The van der Waals surface area contributed by atoms with Gasteiger partial charge in [-0.05, 0) is 60.4 Å². The molecule has 0 atom stereocenters. The standard InChI is InChI=1S/C28H40N4O4.C21H19N2.Cu/c1-21(2)27(33)35-15-7-13-31-17-23-9-5-11-25(29-23)19-32(14-8-16-36-28(34)22(3)4)20-26-12-6-10-24(18-31)30-26;1-3-9-18(10-4-1)15-22-17-23(16-19-11-5-2-6-12-19)21-14-8-7-13-20(21)22;/h5-6,9-12,21-22H,7-8,13-20H2,1-4H3;1-14,17H,15-16H2;/q;-1;+2. The molecule has 4 heterocycles. The first kappa shape index (κ1) is 46.0. The minimum absolute atomic E-state index is 0. The largest absolute Gasteiger partial charge is 2.00 e. The molecular weight excluding hydrogens is 800 g/mol. The summed E-state index contributed by atoms with van der Waals surface area (Å²) in [5.74, 6) is -0.537. The molecule has 7 rings (SSSR count). The molecule has 0 saturated heterocycles. The Hall–Kier alpha value is -5.06. The first-order valence-electron chi connectivity index (χ1n) is 20.9. The number of esters is 2. The van der Waals surface area contributed by atoms with Crippen molar-refractivity contribution < 1.29 is 36.1 Å². The predicted octanol–water partition coefficient (Wildman–Crippen LogP) is 8.80. The molecule has 0 spiro atoms. The maximum atomic E-state index is 11.8. The van der Waals surface area contributed by atoms with Crippen LogP contribution in [-0.2, 0) is 75.4 Å². The average molecular weight is 860 g/mol. The van der Waals surface area contributed by atoms with Crippen molar-refractivity contribution in [3.63, 3.8) is 0 Å². The summed E-state index contributed by atoms with van der Waals surface area (Å²) < 4.78 is 10.7. The molecule has 0 fully saturated rings. The fourth-order valence-electron chi connectivity index (χ4n) is 7.07. The normalized spacial score (nSPS) is 14.0. The summed E-state index contributed by atoms with van der Waals surface area (Å²) in [5, 5.41) is 0. The number of benzene rings is 3. The van der Waals surface area contributed by atoms with Crippen LogP contribution in [0.4, 0.5) is 11.4 Å². The zero-order chi connectivity index (χ0) is 41.4. The molecule has 0 N–H and O–H groups in total. The molecule has 0 aliphatic carbocycles. The summed E-state index contributed by atoms with van der Waals surface area (Å²) in [6.07, 6.45) is 1.51. The van der Waals surface area contributed by atoms with Crippen molar-refractivity contribution in [1.82, 2.24) is 19.8 Å². The van der Waals surface area contributed by atoms with Crippen molar-refractivity contribution in [1.29, 1.82) is 0 Å². The van der Waals surface area contributed by atoms with E-state index in [2.05, 4.69) is 148 Å². The molecule has 2 aliphatic rings. The molecule has 2 aliphatic heterocycles. The van der Waals surface area contributed by atoms with Gasteiger partial charge in [0.1, 0.15) is 0 Å². The molecule has 0 unspecified atom stereocenters. The number of pyridine rings is 2. The molecule has 5 aromatic rings. The summed E-state index contributed by atoms with van der Waals surface area (Å²) in [4.78, 5) is 42.7. The molecule has 60 heavy (non-hydrogen) atoms. The summed E-state index contributed by atoms with van der Waals surface area (Å²) in [6, 6.07) is 42.2. The SMILES string of the molecule is CC(C)C(=O)OCCCN1Cc2cccc(n2)CN(CCCOC(=O)C(C)C)Cc2cccc(n2)C1.[Cu+2].c1ccc(CN2[CH-]N(Cc3ccccc3)c3ccccc32)cc1. The Balaban J connectivity index is 0.000000244. The molecular formula is C49H59CuN6O4+. The molecule has 2 aromatic heterocycles. The van der Waals surface area contributed by atoms with Gasteiger partial charge in [-0.15, -0.1) is 0 Å². The van der Waals surface area contributed by atoms with Gasteiger partial charge in [0.2, 0.25) is 0 Å². The van der Waals surface area contributed by atoms with E-state index in [9.17, 15) is 9.59 Å². The molecule has 0 amide bonds. The van der Waals surface area contributed by atoms with Gasteiger partial charge < -0.3 is 19.3 Å². The number of ether oxygens (including phenoxy) is 2. The smallest absolute Gasteiger partial charge is 0.498 e. The van der Waals surface area contributed by atoms with Gasteiger partial charge in [-0.3, -0.25) is 29.4 Å². The number of nitrogens with zero attached hydrogens (tertiary/aromatic N) is 6. The van der Waals surface area contributed by atoms with E-state index >= 15 is 0 Å². The number of rotatable bonds is 14. The van der Waals surface area contributed by atoms with E-state index < -0.39 is 0 Å². The Morgan fingerprint density at radius 1 is 0.533 bits per heavy atom. The van der Waals surface area contributed by atoms with Crippen molar-refractivity contribution in [2.75, 3.05) is 36.1 Å². The van der Waals surface area contributed by atoms with E-state index in [1.807, 2.05) is 27.7 Å². The number of aromatic nitrogens is 2. The van der Waals surface area contributed by atoms with Crippen LogP contribution in [0.25, 0.3) is 0 Å². The van der Waals surface area contributed by atoms with Crippen LogP contribution in [0.5, 0.6) is 0 Å². The number of carbonyl (C=O) groups excluding carboxylic acids is 2. The van der Waals surface area contributed by atoms with Gasteiger partial charge in [0.15, 0.2) is 0 Å². The van der Waals surface area contributed by atoms with Crippen LogP contribution in [0.1, 0.15) is 74.4 Å². The third kappa shape index (κ3) is 14.3. The van der Waals surface area contributed by atoms with Crippen LogP contribution in [0.15, 0.2) is 121 Å². The Labute approximate surface area is 367 Å². The van der Waals surface area contributed by atoms with Crippen LogP contribution in [0.3, 0.4) is 0 Å². The number of carbonyl (C=O) groups is 2. The van der Waals surface area contributed by atoms with Gasteiger partial charge in [0.25, 0.3) is 0 Å². The Kier molecular flexibility index (Phi) is 18.1. The van der Waals surface area contributed by atoms with E-state index in [1.165, 1.54) is 22.5 Å². The van der Waals surface area contributed by atoms with Crippen molar-refractivity contribution in [3.8, 4) is 0 Å². The van der Waals surface area contributed by atoms with Gasteiger partial charge in [0.05, 0.1) is 47.8 Å². The second-order valence-corrected chi connectivity index (χ2v) is 15.8. The Morgan fingerprint density at radius 3 is 1.23 bits per heavy atom. The van der Waals surface area contributed by atoms with Crippen LogP contribution < -0.4 is 9.80 Å². The molecule has 11 heteroatoms. The molecule has 319 valence electrons. The molecule has 3 aromatic carbocycles. The van der Waals surface area contributed by atoms with E-state index in [-0.39, 0.29) is 40.8 Å². The second-order valence-electron chi connectivity index (χ2n) is 15.8. The number of anilines is 2. The number of hydrogen-bond donors (Lipinski definition) is 0. The summed E-state index contributed by atoms with van der Waals surface area (Å²) in [6.45, 7) is 16.6. The van der Waals surface area contributed by atoms with Gasteiger partial charge in [-0.2, -0.15) is 6.67 Å². The molecule has 10 nitrogen and oxygen atoms in total. The third-order valence-electron chi connectivity index (χ3n) is 10.1. The Morgan fingerprint density at radius 2 is 0.883 bits per heavy atom. The fraction of sp³-hybridized carbons (Fsp3) is 0.367. The average Bonchev–Trinajstić information content (AvgIpc) is 3.57. The first-order chi connectivity index (χ1) is 28.7. The molecule has 1 radical (unpaired) electrons. The predicted molar refractivity (Wildman–Crippen MR) is 234 cm³/mol. The van der Waals surface area contributed by atoms with E-state index in [0.717, 1.165) is 61.8 Å². The molecule has 0 saturated carbocycles. The third-order valence-corrected chi connectivity index (χ3v) is 10.1. The number of hydrogen-bond acceptors (Lipinski definition) is 10. The molecule has 4 bridgehead atoms. The topological polar surface area (TPSA) is 91.3 Å². The minimum atomic E-state index is -0.157. The maximum Gasteiger partial charge on any atom is 2.00 e. The number of para-hydroxylation sites is 2. The number of fused-ring (bicyclic) bond motifs is 5. The van der Waals surface area contributed by atoms with E-state index in [1.54, 1.807) is 0 Å². The van der Waals surface area contributed by atoms with Crippen molar-refractivity contribution in [2.45, 2.75) is 79.8 Å².